The Morgan fingerprint density at radius 1 is 1.13 bits per heavy atom. The molecule has 1 aliphatic rings. The van der Waals surface area contributed by atoms with Gasteiger partial charge in [-0.1, -0.05) is 29.3 Å². The molecule has 0 aromatic heterocycles. The maximum Gasteiger partial charge on any atom is 0.257 e. The van der Waals surface area contributed by atoms with Gasteiger partial charge in [0.1, 0.15) is 0 Å². The van der Waals surface area contributed by atoms with E-state index in [1.165, 1.54) is 0 Å². The molecule has 0 spiro atoms. The van der Waals surface area contributed by atoms with Crippen LogP contribution in [-0.2, 0) is 4.79 Å². The smallest absolute Gasteiger partial charge is 0.257 e. The molecule has 2 N–H and O–H groups in total. The predicted molar refractivity (Wildman–Crippen MR) is 94.5 cm³/mol. The van der Waals surface area contributed by atoms with Gasteiger partial charge in [-0.05, 0) is 19.1 Å². The molecule has 0 aliphatic carbocycles. The van der Waals surface area contributed by atoms with Crippen molar-refractivity contribution in [2.45, 2.75) is 19.4 Å². The van der Waals surface area contributed by atoms with Crippen LogP contribution in [0.5, 0.6) is 0 Å². The Hall–Kier alpha value is -1.01. The summed E-state index contributed by atoms with van der Waals surface area (Å²) in [6.45, 7) is 3.73. The summed E-state index contributed by atoms with van der Waals surface area (Å²) in [5.41, 5.74) is 5.96. The molecule has 128 valence electrons. The maximum absolute atomic E-state index is 12.5. The number of benzene rings is 1. The Morgan fingerprint density at radius 2 is 1.61 bits per heavy atom. The first-order valence-electron chi connectivity index (χ1n) is 7.16. The average Bonchev–Trinajstić information content (AvgIpc) is 2.46. The summed E-state index contributed by atoms with van der Waals surface area (Å²) >= 11 is 12.1. The number of amides is 2. The number of hydrogen-bond donors (Lipinski definition) is 1. The second-order valence-corrected chi connectivity index (χ2v) is 6.27. The Kier molecular flexibility index (Phi) is 7.61. The zero-order valence-electron chi connectivity index (χ0n) is 12.8. The van der Waals surface area contributed by atoms with Gasteiger partial charge in [-0.3, -0.25) is 9.59 Å². The molecule has 1 fully saturated rings. The van der Waals surface area contributed by atoms with Crippen LogP contribution in [0, 0.1) is 0 Å². The van der Waals surface area contributed by atoms with E-state index in [1.807, 2.05) is 0 Å². The molecule has 2 rings (SSSR count). The molecule has 0 bridgehead atoms. The fraction of sp³-hybridized carbons (Fsp3) is 0.467. The van der Waals surface area contributed by atoms with E-state index in [-0.39, 0.29) is 30.3 Å². The van der Waals surface area contributed by atoms with Crippen molar-refractivity contribution < 1.29 is 9.59 Å². The number of carbonyl (C=O) groups is 2. The van der Waals surface area contributed by atoms with Crippen LogP contribution in [0.2, 0.25) is 10.0 Å². The number of rotatable bonds is 3. The van der Waals surface area contributed by atoms with Gasteiger partial charge >= 0.3 is 0 Å². The molecule has 8 heteroatoms. The molecule has 1 unspecified atom stereocenters. The van der Waals surface area contributed by atoms with Crippen molar-refractivity contribution in [3.8, 4) is 0 Å². The molecule has 2 amide bonds. The number of piperazine rings is 1. The summed E-state index contributed by atoms with van der Waals surface area (Å²) in [5, 5.41) is 0.681. The molecule has 5 nitrogen and oxygen atoms in total. The zero-order chi connectivity index (χ0) is 16.3. The lowest BCUT2D eigenvalue weighted by Crippen LogP contribution is -2.51. The van der Waals surface area contributed by atoms with Gasteiger partial charge in [0.25, 0.3) is 5.91 Å². The van der Waals surface area contributed by atoms with Crippen molar-refractivity contribution in [3.05, 3.63) is 33.8 Å². The second-order valence-electron chi connectivity index (χ2n) is 5.45. The lowest BCUT2D eigenvalue weighted by atomic mass is 10.1. The number of nitrogens with two attached hydrogens (primary N) is 1. The van der Waals surface area contributed by atoms with Crippen molar-refractivity contribution in [2.75, 3.05) is 26.2 Å². The van der Waals surface area contributed by atoms with E-state index in [9.17, 15) is 9.59 Å². The van der Waals surface area contributed by atoms with Gasteiger partial charge in [-0.25, -0.2) is 0 Å². The van der Waals surface area contributed by atoms with E-state index >= 15 is 0 Å². The van der Waals surface area contributed by atoms with Crippen molar-refractivity contribution in [2.24, 2.45) is 5.73 Å². The minimum atomic E-state index is -0.199. The van der Waals surface area contributed by atoms with Gasteiger partial charge in [0.2, 0.25) is 5.91 Å². The van der Waals surface area contributed by atoms with Gasteiger partial charge < -0.3 is 15.5 Å². The van der Waals surface area contributed by atoms with E-state index < -0.39 is 0 Å². The molecule has 1 aliphatic heterocycles. The van der Waals surface area contributed by atoms with Crippen molar-refractivity contribution in [1.29, 1.82) is 0 Å². The molecule has 23 heavy (non-hydrogen) atoms. The highest BCUT2D eigenvalue weighted by Crippen LogP contribution is 2.26. The number of nitrogens with zero attached hydrogens (tertiary/aromatic N) is 2. The third-order valence-corrected chi connectivity index (χ3v) is 4.22. The molecule has 1 aromatic rings. The quantitative estimate of drug-likeness (QED) is 0.876. The topological polar surface area (TPSA) is 66.6 Å². The molecular weight excluding hydrogens is 361 g/mol. The van der Waals surface area contributed by atoms with Gasteiger partial charge in [0.15, 0.2) is 0 Å². The zero-order valence-corrected chi connectivity index (χ0v) is 15.1. The van der Waals surface area contributed by atoms with Gasteiger partial charge in [-0.2, -0.15) is 0 Å². The Balaban J connectivity index is 0.00000264. The van der Waals surface area contributed by atoms with Crippen molar-refractivity contribution >= 4 is 47.4 Å². The third-order valence-electron chi connectivity index (χ3n) is 3.59. The monoisotopic (exact) mass is 379 g/mol. The summed E-state index contributed by atoms with van der Waals surface area (Å²) < 4.78 is 0. The summed E-state index contributed by atoms with van der Waals surface area (Å²) in [5.74, 6) is -0.173. The number of carbonyl (C=O) groups excluding carboxylic acids is 2. The molecule has 1 aromatic carbocycles. The first-order valence-corrected chi connectivity index (χ1v) is 7.92. The Bertz CT molecular complexity index is 553. The van der Waals surface area contributed by atoms with Gasteiger partial charge in [0.05, 0.1) is 15.6 Å². The molecule has 1 saturated heterocycles. The normalized spacial score (nSPS) is 15.8. The van der Waals surface area contributed by atoms with E-state index in [1.54, 1.807) is 34.9 Å². The number of halogens is 3. The fourth-order valence-electron chi connectivity index (χ4n) is 2.42. The maximum atomic E-state index is 12.5. The minimum absolute atomic E-state index is 0. The first-order chi connectivity index (χ1) is 10.4. The molecule has 1 atom stereocenters. The van der Waals surface area contributed by atoms with Crippen LogP contribution >= 0.6 is 35.6 Å². The predicted octanol–water partition coefficient (Wildman–Crippen LogP) is 2.44. The summed E-state index contributed by atoms with van der Waals surface area (Å²) in [4.78, 5) is 27.9. The van der Waals surface area contributed by atoms with E-state index in [2.05, 4.69) is 0 Å². The minimum Gasteiger partial charge on any atom is -0.339 e. The van der Waals surface area contributed by atoms with E-state index in [0.29, 0.717) is 48.2 Å². The molecule has 0 saturated carbocycles. The lowest BCUT2D eigenvalue weighted by Gasteiger charge is -2.35. The van der Waals surface area contributed by atoms with Crippen LogP contribution in [0.25, 0.3) is 0 Å². The highest BCUT2D eigenvalue weighted by molar-refractivity contribution is 6.39. The highest BCUT2D eigenvalue weighted by Gasteiger charge is 2.27. The van der Waals surface area contributed by atoms with Crippen LogP contribution in [0.3, 0.4) is 0 Å². The first kappa shape index (κ1) is 20.0. The number of hydrogen-bond acceptors (Lipinski definition) is 3. The van der Waals surface area contributed by atoms with E-state index in [4.69, 9.17) is 28.9 Å². The standard InChI is InChI=1S/C15H19Cl2N3O2.ClH/c1-10(18)9-13(21)19-5-7-20(8-6-19)15(22)14-11(16)3-2-4-12(14)17;/h2-4,10H,5-9,18H2,1H3;1H. The molecular formula is C15H20Cl3N3O2. The molecule has 1 heterocycles. The van der Waals surface area contributed by atoms with Crippen LogP contribution in [-0.4, -0.2) is 53.8 Å². The largest absolute Gasteiger partial charge is 0.339 e. The Morgan fingerprint density at radius 3 is 2.09 bits per heavy atom. The van der Waals surface area contributed by atoms with Gasteiger partial charge in [-0.15, -0.1) is 12.4 Å². The average molecular weight is 381 g/mol. The summed E-state index contributed by atoms with van der Waals surface area (Å²) in [7, 11) is 0. The van der Waals surface area contributed by atoms with Crippen molar-refractivity contribution in [3.63, 3.8) is 0 Å². The lowest BCUT2D eigenvalue weighted by molar-refractivity contribution is -0.132. The van der Waals surface area contributed by atoms with Crippen molar-refractivity contribution in [1.82, 2.24) is 9.80 Å². The second kappa shape index (κ2) is 8.73. The van der Waals surface area contributed by atoms with Crippen LogP contribution in [0.15, 0.2) is 18.2 Å². The molecule has 0 radical (unpaired) electrons. The summed E-state index contributed by atoms with van der Waals surface area (Å²) in [6.07, 6.45) is 0.324. The van der Waals surface area contributed by atoms with Gasteiger partial charge in [0, 0.05) is 38.6 Å². The third kappa shape index (κ3) is 4.98. The fourth-order valence-corrected chi connectivity index (χ4v) is 2.98. The Labute approximate surface area is 152 Å². The SMILES string of the molecule is CC(N)CC(=O)N1CCN(C(=O)c2c(Cl)cccc2Cl)CC1.Cl. The van der Waals surface area contributed by atoms with E-state index in [0.717, 1.165) is 0 Å². The van der Waals surface area contributed by atoms with Crippen LogP contribution in [0.4, 0.5) is 0 Å². The highest BCUT2D eigenvalue weighted by atomic mass is 35.5. The van der Waals surface area contributed by atoms with Crippen LogP contribution in [0.1, 0.15) is 23.7 Å². The summed E-state index contributed by atoms with van der Waals surface area (Å²) in [6, 6.07) is 4.83. The van der Waals surface area contributed by atoms with Crippen LogP contribution < -0.4 is 5.73 Å².